The van der Waals surface area contributed by atoms with E-state index in [-0.39, 0.29) is 0 Å². The Hall–Kier alpha value is -2.28. The van der Waals surface area contributed by atoms with Gasteiger partial charge in [-0.3, -0.25) is 4.68 Å². The number of anilines is 1. The quantitative estimate of drug-likeness (QED) is 0.751. The molecule has 130 valence electrons. The molecule has 2 N–H and O–H groups in total. The first-order chi connectivity index (χ1) is 11.6. The predicted octanol–water partition coefficient (Wildman–Crippen LogP) is 2.76. The Bertz CT molecular complexity index is 700. The van der Waals surface area contributed by atoms with E-state index in [1.165, 1.54) is 0 Å². The number of rotatable bonds is 7. The second-order valence-electron chi connectivity index (χ2n) is 5.30. The summed E-state index contributed by atoms with van der Waals surface area (Å²) in [6.45, 7) is 5.57. The van der Waals surface area contributed by atoms with Gasteiger partial charge in [-0.25, -0.2) is 0 Å². The maximum absolute atomic E-state index is 5.34. The summed E-state index contributed by atoms with van der Waals surface area (Å²) in [7, 11) is 3.27. The molecule has 0 radical (unpaired) electrons. The highest BCUT2D eigenvalue weighted by Crippen LogP contribution is 2.27. The lowest BCUT2D eigenvalue weighted by molar-refractivity contribution is 0.354. The predicted molar refractivity (Wildman–Crippen MR) is 100 cm³/mol. The number of nitrogens with one attached hydrogen (secondary N) is 2. The van der Waals surface area contributed by atoms with Gasteiger partial charge in [0.15, 0.2) is 16.6 Å². The third kappa shape index (κ3) is 4.61. The van der Waals surface area contributed by atoms with Crippen molar-refractivity contribution >= 4 is 23.0 Å². The first kappa shape index (κ1) is 18.1. The van der Waals surface area contributed by atoms with Crippen LogP contribution in [0.15, 0.2) is 24.4 Å². The van der Waals surface area contributed by atoms with E-state index in [4.69, 9.17) is 21.7 Å². The minimum absolute atomic E-state index is 0.592. The molecule has 0 bridgehead atoms. The molecule has 0 atom stereocenters. The fraction of sp³-hybridized carbons (Fsp3) is 0.412. The Balaban J connectivity index is 1.85. The summed E-state index contributed by atoms with van der Waals surface area (Å²) >= 11 is 5.34. The van der Waals surface area contributed by atoms with Gasteiger partial charge in [0.05, 0.1) is 25.6 Å². The fourth-order valence-electron chi connectivity index (χ4n) is 2.33. The van der Waals surface area contributed by atoms with Crippen LogP contribution in [-0.4, -0.2) is 35.7 Å². The highest BCUT2D eigenvalue weighted by molar-refractivity contribution is 7.80. The van der Waals surface area contributed by atoms with Crippen molar-refractivity contribution in [2.45, 2.75) is 26.8 Å². The molecule has 0 aliphatic carbocycles. The van der Waals surface area contributed by atoms with Crippen molar-refractivity contribution in [3.63, 3.8) is 0 Å². The van der Waals surface area contributed by atoms with Crippen molar-refractivity contribution in [2.24, 2.45) is 0 Å². The average molecular weight is 348 g/mol. The molecule has 0 saturated carbocycles. The summed E-state index contributed by atoms with van der Waals surface area (Å²) in [6.07, 6.45) is 2.78. The molecule has 0 amide bonds. The average Bonchev–Trinajstić information content (AvgIpc) is 2.94. The first-order valence-electron chi connectivity index (χ1n) is 7.87. The van der Waals surface area contributed by atoms with Crippen LogP contribution >= 0.6 is 12.2 Å². The molecule has 0 aliphatic rings. The normalized spacial score (nSPS) is 10.3. The second kappa shape index (κ2) is 8.54. The SMILES string of the molecule is CCn1cc(NC(=S)NCCc2ccc(OC)c(OC)c2)c(C)n1. The minimum Gasteiger partial charge on any atom is -0.493 e. The van der Waals surface area contributed by atoms with E-state index in [2.05, 4.69) is 22.7 Å². The van der Waals surface area contributed by atoms with Crippen molar-refractivity contribution in [3.8, 4) is 11.5 Å². The van der Waals surface area contributed by atoms with Crippen molar-refractivity contribution in [2.75, 3.05) is 26.1 Å². The maximum atomic E-state index is 5.34. The van der Waals surface area contributed by atoms with Crippen LogP contribution in [0.25, 0.3) is 0 Å². The van der Waals surface area contributed by atoms with E-state index in [0.717, 1.165) is 48.0 Å². The largest absolute Gasteiger partial charge is 0.493 e. The molecule has 1 heterocycles. The Labute approximate surface area is 148 Å². The monoisotopic (exact) mass is 348 g/mol. The molecule has 0 fully saturated rings. The lowest BCUT2D eigenvalue weighted by atomic mass is 10.1. The number of benzene rings is 1. The molecule has 0 aliphatic heterocycles. The molecular formula is C17H24N4O2S. The topological polar surface area (TPSA) is 60.3 Å². The summed E-state index contributed by atoms with van der Waals surface area (Å²) in [5.41, 5.74) is 3.01. The molecule has 6 nitrogen and oxygen atoms in total. The summed E-state index contributed by atoms with van der Waals surface area (Å²) in [6, 6.07) is 5.91. The van der Waals surface area contributed by atoms with E-state index in [1.807, 2.05) is 36.0 Å². The second-order valence-corrected chi connectivity index (χ2v) is 5.71. The summed E-state index contributed by atoms with van der Waals surface area (Å²) in [5.74, 6) is 1.47. The number of hydrogen-bond acceptors (Lipinski definition) is 4. The molecule has 0 unspecified atom stereocenters. The van der Waals surface area contributed by atoms with Gasteiger partial charge in [0.2, 0.25) is 0 Å². The Kier molecular flexibility index (Phi) is 6.43. The molecule has 1 aromatic carbocycles. The Morgan fingerprint density at radius 1 is 1.25 bits per heavy atom. The number of aryl methyl sites for hydroxylation is 2. The number of hydrogen-bond donors (Lipinski definition) is 2. The van der Waals surface area contributed by atoms with Crippen molar-refractivity contribution < 1.29 is 9.47 Å². The Morgan fingerprint density at radius 2 is 2.00 bits per heavy atom. The number of methoxy groups -OCH3 is 2. The van der Waals surface area contributed by atoms with Gasteiger partial charge < -0.3 is 20.1 Å². The van der Waals surface area contributed by atoms with Crippen LogP contribution in [0.4, 0.5) is 5.69 Å². The number of aromatic nitrogens is 2. The van der Waals surface area contributed by atoms with Gasteiger partial charge in [-0.15, -0.1) is 0 Å². The van der Waals surface area contributed by atoms with E-state index in [9.17, 15) is 0 Å². The van der Waals surface area contributed by atoms with E-state index in [1.54, 1.807) is 14.2 Å². The molecule has 24 heavy (non-hydrogen) atoms. The van der Waals surface area contributed by atoms with Gasteiger partial charge in [-0.05, 0) is 50.2 Å². The smallest absolute Gasteiger partial charge is 0.170 e. The molecule has 0 spiro atoms. The molecule has 1 aromatic heterocycles. The van der Waals surface area contributed by atoms with Gasteiger partial charge in [0, 0.05) is 19.3 Å². The first-order valence-corrected chi connectivity index (χ1v) is 8.28. The van der Waals surface area contributed by atoms with Crippen molar-refractivity contribution in [1.82, 2.24) is 15.1 Å². The van der Waals surface area contributed by atoms with E-state index in [0.29, 0.717) is 5.11 Å². The van der Waals surface area contributed by atoms with Crippen LogP contribution in [0.1, 0.15) is 18.2 Å². The van der Waals surface area contributed by atoms with Crippen LogP contribution in [0.2, 0.25) is 0 Å². The van der Waals surface area contributed by atoms with Gasteiger partial charge in [0.1, 0.15) is 0 Å². The lowest BCUT2D eigenvalue weighted by Gasteiger charge is -2.11. The lowest BCUT2D eigenvalue weighted by Crippen LogP contribution is -2.30. The van der Waals surface area contributed by atoms with Crippen LogP contribution < -0.4 is 20.1 Å². The fourth-order valence-corrected chi connectivity index (χ4v) is 2.54. The van der Waals surface area contributed by atoms with Gasteiger partial charge >= 0.3 is 0 Å². The zero-order chi connectivity index (χ0) is 17.5. The number of ether oxygens (including phenoxy) is 2. The third-order valence-corrected chi connectivity index (χ3v) is 3.91. The van der Waals surface area contributed by atoms with Gasteiger partial charge in [-0.2, -0.15) is 5.10 Å². The van der Waals surface area contributed by atoms with E-state index < -0.39 is 0 Å². The molecular weight excluding hydrogens is 324 g/mol. The van der Waals surface area contributed by atoms with Gasteiger partial charge in [-0.1, -0.05) is 6.07 Å². The number of nitrogens with zero attached hydrogens (tertiary/aromatic N) is 2. The zero-order valence-electron chi connectivity index (χ0n) is 14.5. The summed E-state index contributed by atoms with van der Waals surface area (Å²) in [4.78, 5) is 0. The maximum Gasteiger partial charge on any atom is 0.170 e. The Morgan fingerprint density at radius 3 is 2.62 bits per heavy atom. The third-order valence-electron chi connectivity index (χ3n) is 3.67. The van der Waals surface area contributed by atoms with Crippen molar-refractivity contribution in [3.05, 3.63) is 35.7 Å². The summed E-state index contributed by atoms with van der Waals surface area (Å²) in [5, 5.41) is 11.4. The number of thiocarbonyl (C=S) groups is 1. The van der Waals surface area contributed by atoms with Crippen LogP contribution in [0.5, 0.6) is 11.5 Å². The van der Waals surface area contributed by atoms with E-state index >= 15 is 0 Å². The van der Waals surface area contributed by atoms with Crippen LogP contribution in [0.3, 0.4) is 0 Å². The zero-order valence-corrected chi connectivity index (χ0v) is 15.4. The standard InChI is InChI=1S/C17H24N4O2S/c1-5-21-11-14(12(2)20-21)19-17(24)18-9-8-13-6-7-15(22-3)16(10-13)23-4/h6-7,10-11H,5,8-9H2,1-4H3,(H2,18,19,24). The van der Waals surface area contributed by atoms with Crippen LogP contribution in [0, 0.1) is 6.92 Å². The molecule has 7 heteroatoms. The molecule has 2 aromatic rings. The van der Waals surface area contributed by atoms with Gasteiger partial charge in [0.25, 0.3) is 0 Å². The highest BCUT2D eigenvalue weighted by atomic mass is 32.1. The summed E-state index contributed by atoms with van der Waals surface area (Å²) < 4.78 is 12.4. The van der Waals surface area contributed by atoms with Crippen molar-refractivity contribution in [1.29, 1.82) is 0 Å². The highest BCUT2D eigenvalue weighted by Gasteiger charge is 2.07. The molecule has 0 saturated heterocycles. The molecule has 2 rings (SSSR count). The minimum atomic E-state index is 0.592. The van der Waals surface area contributed by atoms with Crippen LogP contribution in [-0.2, 0) is 13.0 Å².